The minimum atomic E-state index is -1.18. The lowest BCUT2D eigenvalue weighted by Gasteiger charge is -2.25. The number of carboxylic acids is 1. The number of benzene rings is 1. The fraction of sp³-hybridized carbons (Fsp3) is 0.421. The Balaban J connectivity index is 1.80. The summed E-state index contributed by atoms with van der Waals surface area (Å²) in [6.45, 7) is 3.00. The number of nitrogens with zero attached hydrogens (tertiary/aromatic N) is 2. The maximum Gasteiger partial charge on any atom is 0.326 e. The Bertz CT molecular complexity index is 835. The molecular weight excluding hydrogens is 384 g/mol. The normalized spacial score (nSPS) is 22.4. The zero-order chi connectivity index (χ0) is 20.6. The van der Waals surface area contributed by atoms with Crippen molar-refractivity contribution in [2.45, 2.75) is 32.4 Å². The summed E-state index contributed by atoms with van der Waals surface area (Å²) in [5.41, 5.74) is 0.575. The standard InChI is InChI=1S/C19H20N2O6S/c1-10(9-28-11(2)22)16(23)20-8-12(7-15(20)19(26)27)21-17(24)13-5-3-4-6-14(13)18(21)25/h3-6,10,12,15H,7-9H2,1-2H3,(H,26,27)/t10?,12?,15-/m0/s1. The van der Waals surface area contributed by atoms with Gasteiger partial charge < -0.3 is 10.0 Å². The highest BCUT2D eigenvalue weighted by Crippen LogP contribution is 2.31. The molecule has 2 unspecified atom stereocenters. The second kappa shape index (κ2) is 7.75. The van der Waals surface area contributed by atoms with E-state index in [1.807, 2.05) is 0 Å². The first-order valence-electron chi connectivity index (χ1n) is 8.86. The van der Waals surface area contributed by atoms with Gasteiger partial charge in [-0.25, -0.2) is 4.79 Å². The van der Waals surface area contributed by atoms with E-state index >= 15 is 0 Å². The number of hydrogen-bond acceptors (Lipinski definition) is 6. The number of thioether (sulfide) groups is 1. The molecule has 0 radical (unpaired) electrons. The van der Waals surface area contributed by atoms with Crippen LogP contribution in [-0.2, 0) is 14.4 Å². The second-order valence-corrected chi connectivity index (χ2v) is 8.16. The zero-order valence-electron chi connectivity index (χ0n) is 15.5. The van der Waals surface area contributed by atoms with Gasteiger partial charge >= 0.3 is 5.97 Å². The molecule has 1 saturated heterocycles. The van der Waals surface area contributed by atoms with Crippen LogP contribution < -0.4 is 0 Å². The summed E-state index contributed by atoms with van der Waals surface area (Å²) in [5.74, 6) is -2.83. The molecule has 1 aromatic carbocycles. The third-order valence-electron chi connectivity index (χ3n) is 5.00. The van der Waals surface area contributed by atoms with Gasteiger partial charge in [0.25, 0.3) is 11.8 Å². The smallest absolute Gasteiger partial charge is 0.326 e. The number of amides is 3. The minimum Gasteiger partial charge on any atom is -0.480 e. The lowest BCUT2D eigenvalue weighted by molar-refractivity contribution is -0.149. The quantitative estimate of drug-likeness (QED) is 0.735. The molecule has 1 N–H and O–H groups in total. The number of aliphatic carboxylic acids is 1. The van der Waals surface area contributed by atoms with Gasteiger partial charge in [0, 0.05) is 31.6 Å². The molecule has 28 heavy (non-hydrogen) atoms. The lowest BCUT2D eigenvalue weighted by atomic mass is 10.1. The van der Waals surface area contributed by atoms with E-state index in [1.165, 1.54) is 11.8 Å². The van der Waals surface area contributed by atoms with Crippen LogP contribution in [0.2, 0.25) is 0 Å². The maximum absolute atomic E-state index is 12.8. The fourth-order valence-electron chi connectivity index (χ4n) is 3.61. The Morgan fingerprint density at radius 1 is 1.18 bits per heavy atom. The number of carbonyl (C=O) groups is 5. The third-order valence-corrected chi connectivity index (χ3v) is 6.07. The van der Waals surface area contributed by atoms with E-state index in [-0.39, 0.29) is 35.0 Å². The SMILES string of the molecule is CC(=O)SCC(C)C(=O)N1CC(N2C(=O)c3ccccc3C2=O)C[C@H]1C(=O)O. The first kappa shape index (κ1) is 20.1. The van der Waals surface area contributed by atoms with E-state index in [1.54, 1.807) is 31.2 Å². The van der Waals surface area contributed by atoms with Crippen LogP contribution in [0.3, 0.4) is 0 Å². The summed E-state index contributed by atoms with van der Waals surface area (Å²) in [4.78, 5) is 63.2. The predicted octanol–water partition coefficient (Wildman–Crippen LogP) is 1.25. The molecule has 148 valence electrons. The highest BCUT2D eigenvalue weighted by molar-refractivity contribution is 8.13. The summed E-state index contributed by atoms with van der Waals surface area (Å²) in [6, 6.07) is 4.61. The average Bonchev–Trinajstić information content (AvgIpc) is 3.19. The largest absolute Gasteiger partial charge is 0.480 e. The molecule has 0 bridgehead atoms. The Labute approximate surface area is 165 Å². The van der Waals surface area contributed by atoms with Crippen molar-refractivity contribution in [2.75, 3.05) is 12.3 Å². The molecule has 1 fully saturated rings. The number of likely N-dealkylation sites (tertiary alicyclic amines) is 1. The summed E-state index contributed by atoms with van der Waals surface area (Å²) in [7, 11) is 0. The van der Waals surface area contributed by atoms with E-state index < -0.39 is 41.7 Å². The van der Waals surface area contributed by atoms with Crippen molar-refractivity contribution in [2.24, 2.45) is 5.92 Å². The highest BCUT2D eigenvalue weighted by atomic mass is 32.2. The Morgan fingerprint density at radius 3 is 2.25 bits per heavy atom. The van der Waals surface area contributed by atoms with Crippen molar-refractivity contribution in [3.63, 3.8) is 0 Å². The first-order chi connectivity index (χ1) is 13.2. The van der Waals surface area contributed by atoms with Crippen molar-refractivity contribution in [3.8, 4) is 0 Å². The molecule has 3 atom stereocenters. The lowest BCUT2D eigenvalue weighted by Crippen LogP contribution is -2.45. The fourth-order valence-corrected chi connectivity index (χ4v) is 4.24. The Morgan fingerprint density at radius 2 is 1.75 bits per heavy atom. The van der Waals surface area contributed by atoms with Crippen LogP contribution in [0, 0.1) is 5.92 Å². The first-order valence-corrected chi connectivity index (χ1v) is 9.84. The van der Waals surface area contributed by atoms with Crippen molar-refractivity contribution in [1.29, 1.82) is 0 Å². The summed E-state index contributed by atoms with van der Waals surface area (Å²) in [6.07, 6.45) is -0.0148. The average molecular weight is 404 g/mol. The summed E-state index contributed by atoms with van der Waals surface area (Å²) >= 11 is 1.00. The van der Waals surface area contributed by atoms with Gasteiger partial charge in [0.15, 0.2) is 5.12 Å². The summed E-state index contributed by atoms with van der Waals surface area (Å²) < 4.78 is 0. The number of fused-ring (bicyclic) bond motifs is 1. The minimum absolute atomic E-state index is 0.0148. The number of carbonyl (C=O) groups excluding carboxylic acids is 4. The topological polar surface area (TPSA) is 112 Å². The van der Waals surface area contributed by atoms with Crippen molar-refractivity contribution in [1.82, 2.24) is 9.80 Å². The van der Waals surface area contributed by atoms with Crippen LogP contribution in [0.4, 0.5) is 0 Å². The third kappa shape index (κ3) is 3.54. The molecule has 0 saturated carbocycles. The van der Waals surface area contributed by atoms with Gasteiger partial charge in [0.1, 0.15) is 6.04 Å². The van der Waals surface area contributed by atoms with Crippen molar-refractivity contribution in [3.05, 3.63) is 35.4 Å². The number of imide groups is 1. The van der Waals surface area contributed by atoms with Crippen molar-refractivity contribution >= 4 is 40.6 Å². The van der Waals surface area contributed by atoms with Crippen LogP contribution in [-0.4, -0.2) is 68.1 Å². The molecule has 3 amide bonds. The second-order valence-electron chi connectivity index (χ2n) is 6.96. The molecule has 0 spiro atoms. The Kier molecular flexibility index (Phi) is 5.55. The zero-order valence-corrected chi connectivity index (χ0v) is 16.3. The molecule has 9 heteroatoms. The summed E-state index contributed by atoms with van der Waals surface area (Å²) in [5, 5.41) is 9.43. The number of rotatable bonds is 5. The van der Waals surface area contributed by atoms with E-state index in [9.17, 15) is 29.1 Å². The van der Waals surface area contributed by atoms with Gasteiger partial charge in [-0.1, -0.05) is 30.8 Å². The van der Waals surface area contributed by atoms with Crippen LogP contribution in [0.15, 0.2) is 24.3 Å². The molecule has 3 rings (SSSR count). The van der Waals surface area contributed by atoms with E-state index in [4.69, 9.17) is 0 Å². The molecular formula is C19H20N2O6S. The van der Waals surface area contributed by atoms with Crippen LogP contribution >= 0.6 is 11.8 Å². The van der Waals surface area contributed by atoms with Gasteiger partial charge in [-0.15, -0.1) is 0 Å². The monoisotopic (exact) mass is 404 g/mol. The molecule has 0 aliphatic carbocycles. The van der Waals surface area contributed by atoms with Crippen molar-refractivity contribution < 1.29 is 29.1 Å². The van der Waals surface area contributed by atoms with Crippen LogP contribution in [0.1, 0.15) is 41.0 Å². The van der Waals surface area contributed by atoms with Gasteiger partial charge in [-0.2, -0.15) is 0 Å². The van der Waals surface area contributed by atoms with E-state index in [2.05, 4.69) is 0 Å². The molecule has 8 nitrogen and oxygen atoms in total. The molecule has 1 aromatic rings. The van der Waals surface area contributed by atoms with Crippen LogP contribution in [0.25, 0.3) is 0 Å². The van der Waals surface area contributed by atoms with Gasteiger partial charge in [-0.05, 0) is 12.1 Å². The van der Waals surface area contributed by atoms with Crippen LogP contribution in [0.5, 0.6) is 0 Å². The number of hydrogen-bond donors (Lipinski definition) is 1. The van der Waals surface area contributed by atoms with E-state index in [0.717, 1.165) is 16.7 Å². The number of carboxylic acid groups (broad SMARTS) is 1. The van der Waals surface area contributed by atoms with Gasteiger partial charge in [-0.3, -0.25) is 24.1 Å². The predicted molar refractivity (Wildman–Crippen MR) is 101 cm³/mol. The highest BCUT2D eigenvalue weighted by Gasteiger charge is 2.48. The van der Waals surface area contributed by atoms with Gasteiger partial charge in [0.05, 0.1) is 17.2 Å². The molecule has 2 aliphatic rings. The maximum atomic E-state index is 12.8. The molecule has 2 heterocycles. The molecule has 0 aromatic heterocycles. The molecule has 2 aliphatic heterocycles. The Hall–Kier alpha value is -2.68. The van der Waals surface area contributed by atoms with E-state index in [0.29, 0.717) is 0 Å². The van der Waals surface area contributed by atoms with Gasteiger partial charge in [0.2, 0.25) is 5.91 Å².